The van der Waals surface area contributed by atoms with Gasteiger partial charge in [0.25, 0.3) is 0 Å². The van der Waals surface area contributed by atoms with E-state index in [0.29, 0.717) is 5.69 Å². The fourth-order valence-corrected chi connectivity index (χ4v) is 1.69. The summed E-state index contributed by atoms with van der Waals surface area (Å²) in [5, 5.41) is 9.13. The molecule has 1 aromatic heterocycles. The number of carboxylic acid groups (broad SMARTS) is 1. The van der Waals surface area contributed by atoms with Gasteiger partial charge in [0.05, 0.1) is 0 Å². The number of rotatable bonds is 4. The molecule has 0 radical (unpaired) electrons. The van der Waals surface area contributed by atoms with E-state index in [1.807, 2.05) is 13.0 Å². The summed E-state index contributed by atoms with van der Waals surface area (Å²) in [6.45, 7) is 1.83. The van der Waals surface area contributed by atoms with Crippen LogP contribution in [0.4, 0.5) is 5.69 Å². The number of carboxylic acids is 1. The summed E-state index contributed by atoms with van der Waals surface area (Å²) in [5.74, 6) is -0.779. The molecule has 0 bridgehead atoms. The van der Waals surface area contributed by atoms with E-state index in [4.69, 9.17) is 15.6 Å². The van der Waals surface area contributed by atoms with Crippen LogP contribution in [0.15, 0.2) is 42.7 Å². The molecule has 0 saturated heterocycles. The maximum Gasteiger partial charge on any atom is 0.339 e. The molecule has 19 heavy (non-hydrogen) atoms. The van der Waals surface area contributed by atoms with Gasteiger partial charge < -0.3 is 15.6 Å². The Morgan fingerprint density at radius 2 is 2.21 bits per heavy atom. The Balaban J connectivity index is 2.26. The average molecular weight is 258 g/mol. The fraction of sp³-hybridized carbons (Fsp3) is 0.143. The predicted molar refractivity (Wildman–Crippen MR) is 71.1 cm³/mol. The van der Waals surface area contributed by atoms with Crippen molar-refractivity contribution in [3.63, 3.8) is 0 Å². The van der Waals surface area contributed by atoms with E-state index in [1.54, 1.807) is 30.6 Å². The van der Waals surface area contributed by atoms with Crippen molar-refractivity contribution < 1.29 is 14.6 Å². The molecule has 0 amide bonds. The first-order chi connectivity index (χ1) is 9.08. The normalized spacial score (nSPS) is 11.8. The molecule has 0 spiro atoms. The van der Waals surface area contributed by atoms with E-state index < -0.39 is 5.97 Å². The monoisotopic (exact) mass is 258 g/mol. The third kappa shape index (κ3) is 3.01. The number of anilines is 1. The molecule has 2 rings (SSSR count). The Morgan fingerprint density at radius 3 is 2.84 bits per heavy atom. The number of ether oxygens (including phenoxy) is 1. The second-order valence-electron chi connectivity index (χ2n) is 4.11. The number of aromatic carboxylic acids is 1. The van der Waals surface area contributed by atoms with Crippen LogP contribution in [-0.2, 0) is 0 Å². The highest BCUT2D eigenvalue weighted by atomic mass is 16.5. The second-order valence-corrected chi connectivity index (χ2v) is 4.11. The van der Waals surface area contributed by atoms with Crippen molar-refractivity contribution in [2.45, 2.75) is 13.0 Å². The number of aromatic nitrogens is 1. The Morgan fingerprint density at radius 1 is 1.42 bits per heavy atom. The summed E-state index contributed by atoms with van der Waals surface area (Å²) in [5.41, 5.74) is 6.89. The lowest BCUT2D eigenvalue weighted by atomic mass is 10.1. The van der Waals surface area contributed by atoms with Crippen molar-refractivity contribution in [2.24, 2.45) is 0 Å². The zero-order valence-corrected chi connectivity index (χ0v) is 10.4. The molecular formula is C14H14N2O3. The molecule has 0 aliphatic rings. The molecule has 0 aliphatic heterocycles. The molecule has 1 heterocycles. The van der Waals surface area contributed by atoms with Crippen LogP contribution in [0.1, 0.15) is 28.9 Å². The topological polar surface area (TPSA) is 85.4 Å². The quantitative estimate of drug-likeness (QED) is 0.823. The number of pyridine rings is 1. The van der Waals surface area contributed by atoms with Crippen LogP contribution in [0.3, 0.4) is 0 Å². The number of hydrogen-bond acceptors (Lipinski definition) is 4. The van der Waals surface area contributed by atoms with Crippen molar-refractivity contribution in [1.82, 2.24) is 4.98 Å². The molecule has 5 heteroatoms. The average Bonchev–Trinajstić information content (AvgIpc) is 2.41. The van der Waals surface area contributed by atoms with Crippen LogP contribution < -0.4 is 10.5 Å². The predicted octanol–water partition coefficient (Wildman–Crippen LogP) is 2.50. The van der Waals surface area contributed by atoms with Gasteiger partial charge >= 0.3 is 5.97 Å². The van der Waals surface area contributed by atoms with Crippen LogP contribution >= 0.6 is 0 Å². The maximum absolute atomic E-state index is 11.1. The van der Waals surface area contributed by atoms with Crippen LogP contribution in [0.25, 0.3) is 0 Å². The van der Waals surface area contributed by atoms with Crippen molar-refractivity contribution in [2.75, 3.05) is 5.73 Å². The Labute approximate surface area is 110 Å². The summed E-state index contributed by atoms with van der Waals surface area (Å²) < 4.78 is 5.67. The molecule has 1 aromatic carbocycles. The third-order valence-electron chi connectivity index (χ3n) is 2.69. The molecule has 5 nitrogen and oxygen atoms in total. The minimum Gasteiger partial charge on any atom is -0.485 e. The van der Waals surface area contributed by atoms with Gasteiger partial charge in [-0.05, 0) is 31.2 Å². The summed E-state index contributed by atoms with van der Waals surface area (Å²) in [6, 6.07) is 8.22. The minimum atomic E-state index is -1.07. The van der Waals surface area contributed by atoms with Crippen molar-refractivity contribution in [3.8, 4) is 5.75 Å². The van der Waals surface area contributed by atoms with Crippen molar-refractivity contribution in [1.29, 1.82) is 0 Å². The van der Waals surface area contributed by atoms with Gasteiger partial charge in [-0.3, -0.25) is 4.98 Å². The summed E-state index contributed by atoms with van der Waals surface area (Å²) in [6.07, 6.45) is 3.06. The van der Waals surface area contributed by atoms with Gasteiger partial charge in [-0.2, -0.15) is 0 Å². The van der Waals surface area contributed by atoms with E-state index in [2.05, 4.69) is 4.98 Å². The Bertz CT molecular complexity index is 584. The van der Waals surface area contributed by atoms with E-state index in [-0.39, 0.29) is 17.4 Å². The molecule has 3 N–H and O–H groups in total. The standard InChI is InChI=1S/C14H14N2O3/c1-9(10-3-2-6-16-8-10)19-13-5-4-11(15)7-12(13)14(17)18/h2-9H,15H2,1H3,(H,17,18). The summed E-state index contributed by atoms with van der Waals surface area (Å²) in [7, 11) is 0. The van der Waals surface area contributed by atoms with Crippen LogP contribution in [-0.4, -0.2) is 16.1 Å². The molecule has 1 atom stereocenters. The van der Waals surface area contributed by atoms with Gasteiger partial charge in [-0.1, -0.05) is 6.07 Å². The zero-order valence-electron chi connectivity index (χ0n) is 10.4. The molecule has 2 aromatic rings. The highest BCUT2D eigenvalue weighted by Crippen LogP contribution is 2.26. The van der Waals surface area contributed by atoms with E-state index in [1.165, 1.54) is 6.07 Å². The number of nitrogen functional groups attached to an aromatic ring is 1. The van der Waals surface area contributed by atoms with Gasteiger partial charge in [0, 0.05) is 23.6 Å². The first-order valence-corrected chi connectivity index (χ1v) is 5.77. The second kappa shape index (κ2) is 5.39. The van der Waals surface area contributed by atoms with E-state index in [0.717, 1.165) is 5.56 Å². The number of carbonyl (C=O) groups is 1. The highest BCUT2D eigenvalue weighted by molar-refractivity contribution is 5.92. The molecule has 0 saturated carbocycles. The summed E-state index contributed by atoms with van der Waals surface area (Å²) >= 11 is 0. The smallest absolute Gasteiger partial charge is 0.339 e. The van der Waals surface area contributed by atoms with Crippen molar-refractivity contribution >= 4 is 11.7 Å². The van der Waals surface area contributed by atoms with Gasteiger partial charge in [0.1, 0.15) is 17.4 Å². The molecule has 0 fully saturated rings. The maximum atomic E-state index is 11.1. The van der Waals surface area contributed by atoms with E-state index >= 15 is 0 Å². The lowest BCUT2D eigenvalue weighted by Crippen LogP contribution is -2.08. The number of nitrogens with zero attached hydrogens (tertiary/aromatic N) is 1. The lowest BCUT2D eigenvalue weighted by molar-refractivity contribution is 0.0690. The largest absolute Gasteiger partial charge is 0.485 e. The molecule has 1 unspecified atom stereocenters. The Hall–Kier alpha value is -2.56. The van der Waals surface area contributed by atoms with Crippen LogP contribution in [0.5, 0.6) is 5.75 Å². The minimum absolute atomic E-state index is 0.0516. The van der Waals surface area contributed by atoms with Crippen molar-refractivity contribution in [3.05, 3.63) is 53.9 Å². The van der Waals surface area contributed by atoms with Gasteiger partial charge in [0.2, 0.25) is 0 Å². The first kappa shape index (κ1) is 12.9. The number of benzene rings is 1. The molecular weight excluding hydrogens is 244 g/mol. The first-order valence-electron chi connectivity index (χ1n) is 5.77. The highest BCUT2D eigenvalue weighted by Gasteiger charge is 2.15. The lowest BCUT2D eigenvalue weighted by Gasteiger charge is -2.16. The Kier molecular flexibility index (Phi) is 3.66. The van der Waals surface area contributed by atoms with Gasteiger partial charge in [0.15, 0.2) is 0 Å². The van der Waals surface area contributed by atoms with Crippen LogP contribution in [0, 0.1) is 0 Å². The number of hydrogen-bond donors (Lipinski definition) is 2. The summed E-state index contributed by atoms with van der Waals surface area (Å²) in [4.78, 5) is 15.1. The fourth-order valence-electron chi connectivity index (χ4n) is 1.69. The van der Waals surface area contributed by atoms with Gasteiger partial charge in [-0.25, -0.2) is 4.79 Å². The number of nitrogens with two attached hydrogens (primary N) is 1. The molecule has 98 valence electrons. The SMILES string of the molecule is CC(Oc1ccc(N)cc1C(=O)O)c1cccnc1. The van der Waals surface area contributed by atoms with E-state index in [9.17, 15) is 4.79 Å². The third-order valence-corrected chi connectivity index (χ3v) is 2.69. The zero-order chi connectivity index (χ0) is 13.8. The van der Waals surface area contributed by atoms with Crippen LogP contribution in [0.2, 0.25) is 0 Å². The van der Waals surface area contributed by atoms with Gasteiger partial charge in [-0.15, -0.1) is 0 Å². The molecule has 0 aliphatic carbocycles.